The summed E-state index contributed by atoms with van der Waals surface area (Å²) in [5.74, 6) is 0.581. The van der Waals surface area contributed by atoms with E-state index in [4.69, 9.17) is 4.74 Å². The Bertz CT molecular complexity index is 678. The van der Waals surface area contributed by atoms with Gasteiger partial charge in [0.2, 0.25) is 11.8 Å². The number of para-hydroxylation sites is 2. The van der Waals surface area contributed by atoms with Crippen LogP contribution in [-0.4, -0.2) is 18.9 Å². The molecule has 1 saturated heterocycles. The summed E-state index contributed by atoms with van der Waals surface area (Å²) in [6.45, 7) is 2.07. The van der Waals surface area contributed by atoms with Gasteiger partial charge in [-0.3, -0.25) is 9.59 Å². The molecule has 2 bridgehead atoms. The van der Waals surface area contributed by atoms with Crippen LogP contribution in [0.5, 0.6) is 5.75 Å². The predicted octanol–water partition coefficient (Wildman–Crippen LogP) is 2.40. The summed E-state index contributed by atoms with van der Waals surface area (Å²) in [5, 5.41) is 0. The lowest BCUT2D eigenvalue weighted by molar-refractivity contribution is -0.123. The molecule has 2 aliphatic carbocycles. The molecule has 4 nitrogen and oxygen atoms in total. The number of nitrogens with zero attached hydrogens (tertiary/aromatic N) is 1. The van der Waals surface area contributed by atoms with Crippen LogP contribution >= 0.6 is 0 Å². The molecule has 0 spiro atoms. The Labute approximate surface area is 123 Å². The number of carbonyl (C=O) groups excluding carboxylic acids is 2. The van der Waals surface area contributed by atoms with E-state index in [-0.39, 0.29) is 35.5 Å². The quantitative estimate of drug-likeness (QED) is 0.618. The number of benzene rings is 1. The first kappa shape index (κ1) is 12.6. The Morgan fingerprint density at radius 3 is 2.62 bits per heavy atom. The van der Waals surface area contributed by atoms with Gasteiger partial charge in [-0.15, -0.1) is 0 Å². The van der Waals surface area contributed by atoms with Gasteiger partial charge in [-0.25, -0.2) is 4.90 Å². The fourth-order valence-corrected chi connectivity index (χ4v) is 4.33. The summed E-state index contributed by atoms with van der Waals surface area (Å²) in [5.41, 5.74) is 1.84. The first-order valence-corrected chi connectivity index (χ1v) is 7.32. The maximum Gasteiger partial charge on any atom is 0.238 e. The van der Waals surface area contributed by atoms with Gasteiger partial charge >= 0.3 is 0 Å². The van der Waals surface area contributed by atoms with Crippen molar-refractivity contribution in [2.75, 3.05) is 12.0 Å². The van der Waals surface area contributed by atoms with Crippen molar-refractivity contribution < 1.29 is 14.3 Å². The highest BCUT2D eigenvalue weighted by Gasteiger charge is 2.61. The fourth-order valence-electron chi connectivity index (χ4n) is 4.33. The Balaban J connectivity index is 1.77. The van der Waals surface area contributed by atoms with Gasteiger partial charge in [0.15, 0.2) is 0 Å². The molecule has 2 fully saturated rings. The number of methoxy groups -OCH3 is 1. The van der Waals surface area contributed by atoms with Gasteiger partial charge in [-0.2, -0.15) is 0 Å². The third kappa shape index (κ3) is 1.50. The molecular weight excluding hydrogens is 266 g/mol. The average molecular weight is 283 g/mol. The summed E-state index contributed by atoms with van der Waals surface area (Å²) in [6.07, 6.45) is 3.14. The fraction of sp³-hybridized carbons (Fsp3) is 0.412. The topological polar surface area (TPSA) is 46.6 Å². The number of hydrogen-bond donors (Lipinski definition) is 0. The summed E-state index contributed by atoms with van der Waals surface area (Å²) in [7, 11) is 1.56. The minimum atomic E-state index is -0.170. The molecule has 21 heavy (non-hydrogen) atoms. The number of allylic oxidation sites excluding steroid dienone is 2. The van der Waals surface area contributed by atoms with Gasteiger partial charge in [-0.1, -0.05) is 23.8 Å². The Hall–Kier alpha value is -2.10. The third-order valence-electron chi connectivity index (χ3n) is 5.21. The number of ether oxygens (including phenoxy) is 1. The lowest BCUT2D eigenvalue weighted by Gasteiger charge is -2.20. The van der Waals surface area contributed by atoms with E-state index < -0.39 is 0 Å². The van der Waals surface area contributed by atoms with Crippen LogP contribution in [-0.2, 0) is 9.59 Å². The largest absolute Gasteiger partial charge is 0.495 e. The van der Waals surface area contributed by atoms with Crippen LogP contribution in [0, 0.1) is 23.7 Å². The summed E-state index contributed by atoms with van der Waals surface area (Å²) in [4.78, 5) is 27.0. The van der Waals surface area contributed by atoms with Crippen LogP contribution in [0.2, 0.25) is 0 Å². The average Bonchev–Trinajstić information content (AvgIpc) is 3.11. The number of imide groups is 1. The molecular formula is C17H17NO3. The lowest BCUT2D eigenvalue weighted by Crippen LogP contribution is -2.33. The first-order chi connectivity index (χ1) is 10.1. The summed E-state index contributed by atoms with van der Waals surface area (Å²) in [6, 6.07) is 7.22. The van der Waals surface area contributed by atoms with E-state index in [0.717, 1.165) is 6.42 Å². The van der Waals surface area contributed by atoms with Gasteiger partial charge < -0.3 is 4.74 Å². The van der Waals surface area contributed by atoms with Crippen molar-refractivity contribution in [3.05, 3.63) is 35.9 Å². The van der Waals surface area contributed by atoms with E-state index >= 15 is 0 Å². The summed E-state index contributed by atoms with van der Waals surface area (Å²) < 4.78 is 5.31. The zero-order chi connectivity index (χ0) is 14.7. The normalized spacial score (nSPS) is 33.4. The van der Waals surface area contributed by atoms with E-state index in [0.29, 0.717) is 11.4 Å². The molecule has 3 aliphatic rings. The van der Waals surface area contributed by atoms with E-state index in [2.05, 4.69) is 13.0 Å². The van der Waals surface area contributed by atoms with Gasteiger partial charge in [0, 0.05) is 0 Å². The SMILES string of the molecule is COc1ccccc1N1C(=O)[C@@H]2[C@H](C1=O)[C@@H]1C[C@@H]2C=C1C. The van der Waals surface area contributed by atoms with Gasteiger partial charge in [0.25, 0.3) is 0 Å². The van der Waals surface area contributed by atoms with Crippen molar-refractivity contribution in [3.8, 4) is 5.75 Å². The molecule has 0 N–H and O–H groups in total. The molecule has 0 unspecified atom stereocenters. The van der Waals surface area contributed by atoms with Crippen LogP contribution in [0.25, 0.3) is 0 Å². The van der Waals surface area contributed by atoms with Crippen LogP contribution in [0.1, 0.15) is 13.3 Å². The van der Waals surface area contributed by atoms with Crippen LogP contribution in [0.4, 0.5) is 5.69 Å². The lowest BCUT2D eigenvalue weighted by atomic mass is 9.82. The molecule has 1 saturated carbocycles. The van der Waals surface area contributed by atoms with Gasteiger partial charge in [0.05, 0.1) is 24.6 Å². The van der Waals surface area contributed by atoms with Gasteiger partial charge in [0.1, 0.15) is 5.75 Å². The molecule has 4 rings (SSSR count). The number of fused-ring (bicyclic) bond motifs is 5. The van der Waals surface area contributed by atoms with Crippen molar-refractivity contribution >= 4 is 17.5 Å². The number of amides is 2. The molecule has 1 aromatic carbocycles. The monoisotopic (exact) mass is 283 g/mol. The van der Waals surface area contributed by atoms with E-state index in [9.17, 15) is 9.59 Å². The van der Waals surface area contributed by atoms with Crippen molar-refractivity contribution in [3.63, 3.8) is 0 Å². The zero-order valence-corrected chi connectivity index (χ0v) is 12.1. The predicted molar refractivity (Wildman–Crippen MR) is 77.8 cm³/mol. The molecule has 108 valence electrons. The molecule has 1 aromatic rings. The molecule has 0 radical (unpaired) electrons. The van der Waals surface area contributed by atoms with Gasteiger partial charge in [-0.05, 0) is 37.3 Å². The van der Waals surface area contributed by atoms with Crippen LogP contribution < -0.4 is 9.64 Å². The Morgan fingerprint density at radius 2 is 1.86 bits per heavy atom. The minimum Gasteiger partial charge on any atom is -0.495 e. The standard InChI is InChI=1S/C17H17NO3/c1-9-7-10-8-11(9)15-14(10)16(19)18(17(15)20)12-5-3-4-6-13(12)21-2/h3-7,10-11,14-15H,8H2,1-2H3/t10-,11+,14-,15+/m0/s1. The minimum absolute atomic E-state index is 0.0607. The number of anilines is 1. The second-order valence-electron chi connectivity index (χ2n) is 6.15. The highest BCUT2D eigenvalue weighted by molar-refractivity contribution is 6.23. The smallest absolute Gasteiger partial charge is 0.238 e. The highest BCUT2D eigenvalue weighted by atomic mass is 16.5. The summed E-state index contributed by atoms with van der Waals surface area (Å²) >= 11 is 0. The molecule has 1 aliphatic heterocycles. The molecule has 4 atom stereocenters. The maximum atomic E-state index is 12.8. The van der Waals surface area contributed by atoms with Crippen LogP contribution in [0.15, 0.2) is 35.9 Å². The maximum absolute atomic E-state index is 12.8. The van der Waals surface area contributed by atoms with Crippen LogP contribution in [0.3, 0.4) is 0 Å². The van der Waals surface area contributed by atoms with E-state index in [1.54, 1.807) is 19.2 Å². The molecule has 0 aromatic heterocycles. The Kier molecular flexibility index (Phi) is 2.52. The van der Waals surface area contributed by atoms with E-state index in [1.165, 1.54) is 10.5 Å². The Morgan fingerprint density at radius 1 is 1.14 bits per heavy atom. The first-order valence-electron chi connectivity index (χ1n) is 7.32. The number of hydrogen-bond acceptors (Lipinski definition) is 3. The zero-order valence-electron chi connectivity index (χ0n) is 12.1. The van der Waals surface area contributed by atoms with Crippen molar-refractivity contribution in [1.82, 2.24) is 0 Å². The number of carbonyl (C=O) groups is 2. The third-order valence-corrected chi connectivity index (χ3v) is 5.21. The molecule has 1 heterocycles. The van der Waals surface area contributed by atoms with Crippen molar-refractivity contribution in [2.24, 2.45) is 23.7 Å². The second-order valence-corrected chi connectivity index (χ2v) is 6.15. The van der Waals surface area contributed by atoms with Crippen molar-refractivity contribution in [1.29, 1.82) is 0 Å². The molecule has 4 heteroatoms. The van der Waals surface area contributed by atoms with E-state index in [1.807, 2.05) is 12.1 Å². The number of rotatable bonds is 2. The van der Waals surface area contributed by atoms with Crippen molar-refractivity contribution in [2.45, 2.75) is 13.3 Å². The highest BCUT2D eigenvalue weighted by Crippen LogP contribution is 2.56. The molecule has 2 amide bonds. The second kappa shape index (κ2) is 4.20.